The zero-order valence-corrected chi connectivity index (χ0v) is 12.8. The number of benzene rings is 1. The number of dihydropyridines is 1. The summed E-state index contributed by atoms with van der Waals surface area (Å²) in [6.45, 7) is 3.50. The van der Waals surface area contributed by atoms with Crippen LogP contribution in [0, 0.1) is 5.82 Å². The van der Waals surface area contributed by atoms with Gasteiger partial charge in [0.1, 0.15) is 12.4 Å². The zero-order chi connectivity index (χ0) is 16.7. The summed E-state index contributed by atoms with van der Waals surface area (Å²) in [5.41, 5.74) is 2.20. The van der Waals surface area contributed by atoms with Crippen molar-refractivity contribution < 1.29 is 23.8 Å². The molecule has 6 heteroatoms. The number of carboxylic acids is 1. The van der Waals surface area contributed by atoms with Gasteiger partial charge in [0.2, 0.25) is 0 Å². The number of carboxylic acid groups (broad SMARTS) is 1. The van der Waals surface area contributed by atoms with Crippen molar-refractivity contribution in [1.29, 1.82) is 0 Å². The summed E-state index contributed by atoms with van der Waals surface area (Å²) in [5, 5.41) is 12.5. The third-order valence-corrected chi connectivity index (χ3v) is 4.26. The molecule has 0 amide bonds. The second kappa shape index (κ2) is 5.53. The van der Waals surface area contributed by atoms with Crippen LogP contribution in [0.5, 0.6) is 0 Å². The molecule has 1 aromatic rings. The Bertz CT molecular complexity index is 777. The number of nitrogens with one attached hydrogen (secondary N) is 1. The molecule has 2 heterocycles. The fraction of sp³-hybridized carbons (Fsp3) is 0.294. The lowest BCUT2D eigenvalue weighted by molar-refractivity contribution is -0.136. The normalized spacial score (nSPS) is 20.3. The molecule has 1 aromatic carbocycles. The van der Waals surface area contributed by atoms with E-state index in [1.807, 2.05) is 0 Å². The lowest BCUT2D eigenvalue weighted by Gasteiger charge is -2.28. The Kier molecular flexibility index (Phi) is 3.67. The Labute approximate surface area is 132 Å². The van der Waals surface area contributed by atoms with Crippen molar-refractivity contribution in [1.82, 2.24) is 5.32 Å². The smallest absolute Gasteiger partial charge is 0.337 e. The van der Waals surface area contributed by atoms with E-state index >= 15 is 0 Å². The first-order valence-electron chi connectivity index (χ1n) is 7.34. The van der Waals surface area contributed by atoms with Gasteiger partial charge in [-0.15, -0.1) is 0 Å². The van der Waals surface area contributed by atoms with Crippen LogP contribution in [0.1, 0.15) is 30.9 Å². The number of carbonyl (C=O) groups is 2. The second-order valence-corrected chi connectivity index (χ2v) is 5.53. The Morgan fingerprint density at radius 1 is 1.48 bits per heavy atom. The van der Waals surface area contributed by atoms with Crippen LogP contribution in [0.3, 0.4) is 0 Å². The van der Waals surface area contributed by atoms with Crippen molar-refractivity contribution >= 4 is 11.9 Å². The molecule has 0 saturated carbocycles. The molecule has 3 rings (SSSR count). The van der Waals surface area contributed by atoms with Gasteiger partial charge in [-0.1, -0.05) is 19.1 Å². The summed E-state index contributed by atoms with van der Waals surface area (Å²) in [5.74, 6) is -2.93. The van der Waals surface area contributed by atoms with Crippen molar-refractivity contribution in [2.24, 2.45) is 0 Å². The molecule has 2 aliphatic rings. The van der Waals surface area contributed by atoms with E-state index < -0.39 is 23.7 Å². The molecule has 0 bridgehead atoms. The molecule has 23 heavy (non-hydrogen) atoms. The first-order valence-corrected chi connectivity index (χ1v) is 7.34. The third kappa shape index (κ3) is 2.30. The average molecular weight is 317 g/mol. The predicted octanol–water partition coefficient (Wildman–Crippen LogP) is 2.24. The van der Waals surface area contributed by atoms with Gasteiger partial charge in [-0.25, -0.2) is 14.0 Å². The SMILES string of the molecule is CCc1c(F)cccc1C1C(C(=O)O)=C(C)NC2=C1C(=O)OC2. The average Bonchev–Trinajstić information content (AvgIpc) is 2.86. The maximum atomic E-state index is 14.2. The van der Waals surface area contributed by atoms with Crippen LogP contribution in [0.4, 0.5) is 4.39 Å². The number of allylic oxidation sites excluding steroid dienone is 1. The maximum absolute atomic E-state index is 14.2. The molecule has 2 N–H and O–H groups in total. The van der Waals surface area contributed by atoms with Gasteiger partial charge in [-0.3, -0.25) is 0 Å². The molecule has 2 aliphatic heterocycles. The molecule has 1 unspecified atom stereocenters. The fourth-order valence-electron chi connectivity index (χ4n) is 3.28. The van der Waals surface area contributed by atoms with E-state index in [1.165, 1.54) is 12.1 Å². The topological polar surface area (TPSA) is 75.6 Å². The minimum atomic E-state index is -1.14. The standard InChI is InChI=1S/C17H16FNO4/c1-3-9-10(5-4-6-11(9)18)14-13(16(20)21)8(2)19-12-7-23-17(22)15(12)14/h4-6,14,19H,3,7H2,1-2H3,(H,20,21). The van der Waals surface area contributed by atoms with Gasteiger partial charge in [0, 0.05) is 5.70 Å². The molecular formula is C17H16FNO4. The number of hydrogen-bond acceptors (Lipinski definition) is 4. The van der Waals surface area contributed by atoms with Crippen LogP contribution in [0.25, 0.3) is 0 Å². The summed E-state index contributed by atoms with van der Waals surface area (Å²) < 4.78 is 19.2. The van der Waals surface area contributed by atoms with E-state index in [9.17, 15) is 19.1 Å². The maximum Gasteiger partial charge on any atom is 0.337 e. The number of esters is 1. The molecular weight excluding hydrogens is 301 g/mol. The minimum absolute atomic E-state index is 0.0444. The van der Waals surface area contributed by atoms with Crippen LogP contribution in [0.2, 0.25) is 0 Å². The Morgan fingerprint density at radius 3 is 2.87 bits per heavy atom. The highest BCUT2D eigenvalue weighted by Gasteiger charge is 2.42. The summed E-state index contributed by atoms with van der Waals surface area (Å²) in [7, 11) is 0. The highest BCUT2D eigenvalue weighted by atomic mass is 19.1. The molecule has 0 fully saturated rings. The monoisotopic (exact) mass is 317 g/mol. The summed E-state index contributed by atoms with van der Waals surface area (Å²) in [4.78, 5) is 23.9. The molecule has 1 atom stereocenters. The highest BCUT2D eigenvalue weighted by Crippen LogP contribution is 2.42. The fourth-order valence-corrected chi connectivity index (χ4v) is 3.28. The van der Waals surface area contributed by atoms with E-state index in [1.54, 1.807) is 19.9 Å². The van der Waals surface area contributed by atoms with Gasteiger partial charge >= 0.3 is 11.9 Å². The molecule has 5 nitrogen and oxygen atoms in total. The first kappa shape index (κ1) is 15.3. The molecule has 0 radical (unpaired) electrons. The second-order valence-electron chi connectivity index (χ2n) is 5.53. The van der Waals surface area contributed by atoms with Crippen LogP contribution in [0.15, 0.2) is 40.7 Å². The summed E-state index contributed by atoms with van der Waals surface area (Å²) in [6, 6.07) is 4.54. The number of ether oxygens (including phenoxy) is 1. The largest absolute Gasteiger partial charge is 0.478 e. The van der Waals surface area contributed by atoms with Crippen molar-refractivity contribution in [3.8, 4) is 0 Å². The number of rotatable bonds is 3. The summed E-state index contributed by atoms with van der Waals surface area (Å²) >= 11 is 0. The molecule has 120 valence electrons. The zero-order valence-electron chi connectivity index (χ0n) is 12.8. The van der Waals surface area contributed by atoms with Crippen LogP contribution < -0.4 is 5.32 Å². The highest BCUT2D eigenvalue weighted by molar-refractivity contribution is 6.00. The van der Waals surface area contributed by atoms with Gasteiger partial charge in [-0.2, -0.15) is 0 Å². The van der Waals surface area contributed by atoms with E-state index in [0.29, 0.717) is 28.9 Å². The number of carbonyl (C=O) groups excluding carboxylic acids is 1. The minimum Gasteiger partial charge on any atom is -0.478 e. The van der Waals surface area contributed by atoms with E-state index in [-0.39, 0.29) is 17.8 Å². The van der Waals surface area contributed by atoms with Gasteiger partial charge < -0.3 is 15.2 Å². The molecule has 0 saturated heterocycles. The Balaban J connectivity index is 2.27. The van der Waals surface area contributed by atoms with Crippen molar-refractivity contribution in [2.45, 2.75) is 26.2 Å². The van der Waals surface area contributed by atoms with Gasteiger partial charge in [0.15, 0.2) is 0 Å². The van der Waals surface area contributed by atoms with Crippen LogP contribution in [-0.4, -0.2) is 23.7 Å². The number of hydrogen-bond donors (Lipinski definition) is 2. The van der Waals surface area contributed by atoms with E-state index in [2.05, 4.69) is 5.32 Å². The van der Waals surface area contributed by atoms with E-state index in [0.717, 1.165) is 0 Å². The van der Waals surface area contributed by atoms with Gasteiger partial charge in [0.25, 0.3) is 0 Å². The lowest BCUT2D eigenvalue weighted by atomic mass is 9.78. The predicted molar refractivity (Wildman–Crippen MR) is 80.0 cm³/mol. The van der Waals surface area contributed by atoms with Crippen molar-refractivity contribution in [3.05, 3.63) is 57.7 Å². The summed E-state index contributed by atoms with van der Waals surface area (Å²) in [6.07, 6.45) is 0.398. The molecule has 0 aromatic heterocycles. The van der Waals surface area contributed by atoms with Gasteiger partial charge in [0.05, 0.1) is 22.8 Å². The van der Waals surface area contributed by atoms with Crippen molar-refractivity contribution in [2.75, 3.05) is 6.61 Å². The van der Waals surface area contributed by atoms with Gasteiger partial charge in [-0.05, 0) is 30.5 Å². The van der Waals surface area contributed by atoms with Crippen LogP contribution in [-0.2, 0) is 20.7 Å². The Hall–Kier alpha value is -2.63. The first-order chi connectivity index (χ1) is 11.0. The number of halogens is 1. The molecule has 0 spiro atoms. The number of aliphatic carboxylic acids is 1. The lowest BCUT2D eigenvalue weighted by Crippen LogP contribution is -2.30. The quantitative estimate of drug-likeness (QED) is 0.836. The molecule has 0 aliphatic carbocycles. The Morgan fingerprint density at radius 2 is 2.22 bits per heavy atom. The third-order valence-electron chi connectivity index (χ3n) is 4.26. The number of cyclic esters (lactones) is 1. The van der Waals surface area contributed by atoms with Crippen LogP contribution >= 0.6 is 0 Å². The van der Waals surface area contributed by atoms with E-state index in [4.69, 9.17) is 4.74 Å². The van der Waals surface area contributed by atoms with Crippen molar-refractivity contribution in [3.63, 3.8) is 0 Å².